The summed E-state index contributed by atoms with van der Waals surface area (Å²) in [4.78, 5) is 2.31. The van der Waals surface area contributed by atoms with E-state index in [1.807, 2.05) is 42.5 Å². The van der Waals surface area contributed by atoms with Gasteiger partial charge in [0.2, 0.25) is 0 Å². The van der Waals surface area contributed by atoms with E-state index in [1.54, 1.807) is 0 Å². The highest BCUT2D eigenvalue weighted by Gasteiger charge is 2.04. The summed E-state index contributed by atoms with van der Waals surface area (Å²) in [7, 11) is 0. The summed E-state index contributed by atoms with van der Waals surface area (Å²) in [6, 6.07) is 20.5. The Bertz CT molecular complexity index is 891. The largest absolute Gasteiger partial charge is 0.372 e. The lowest BCUT2D eigenvalue weighted by atomic mass is 10.0. The number of fused-ring (bicyclic) bond motifs is 1. The molecule has 0 spiro atoms. The van der Waals surface area contributed by atoms with Crippen molar-refractivity contribution in [1.29, 1.82) is 0 Å². The maximum atomic E-state index is 4.47. The van der Waals surface area contributed by atoms with Crippen LogP contribution in [0.3, 0.4) is 0 Å². The highest BCUT2D eigenvalue weighted by molar-refractivity contribution is 5.97. The Balaban J connectivity index is 1.90. The van der Waals surface area contributed by atoms with Gasteiger partial charge in [0.25, 0.3) is 0 Å². The van der Waals surface area contributed by atoms with Gasteiger partial charge in [0.1, 0.15) is 0 Å². The summed E-state index contributed by atoms with van der Waals surface area (Å²) in [6.45, 7) is 10.2. The minimum atomic E-state index is 0.854. The first kappa shape index (κ1) is 16.9. The van der Waals surface area contributed by atoms with Crippen LogP contribution < -0.4 is 4.90 Å². The smallest absolute Gasteiger partial charge is 0.0935 e. The molecule has 0 heterocycles. The van der Waals surface area contributed by atoms with Gasteiger partial charge < -0.3 is 4.90 Å². The minimum absolute atomic E-state index is 0.854. The van der Waals surface area contributed by atoms with E-state index in [0.29, 0.717) is 0 Å². The fourth-order valence-electron chi connectivity index (χ4n) is 3.00. The van der Waals surface area contributed by atoms with E-state index in [4.69, 9.17) is 0 Å². The van der Waals surface area contributed by atoms with Gasteiger partial charge in [-0.3, -0.25) is 0 Å². The topological polar surface area (TPSA) is 28.0 Å². The summed E-state index contributed by atoms with van der Waals surface area (Å²) >= 11 is 0. The van der Waals surface area contributed by atoms with Gasteiger partial charge in [-0.25, -0.2) is 0 Å². The number of azo groups is 1. The zero-order valence-electron chi connectivity index (χ0n) is 14.8. The molecule has 3 heteroatoms. The van der Waals surface area contributed by atoms with Crippen LogP contribution in [0.2, 0.25) is 0 Å². The van der Waals surface area contributed by atoms with Crippen LogP contribution in [0.1, 0.15) is 19.4 Å². The van der Waals surface area contributed by atoms with Crippen LogP contribution in [0.15, 0.2) is 77.5 Å². The molecule has 0 unspecified atom stereocenters. The van der Waals surface area contributed by atoms with Crippen molar-refractivity contribution >= 4 is 33.9 Å². The van der Waals surface area contributed by atoms with Crippen LogP contribution >= 0.6 is 0 Å². The van der Waals surface area contributed by atoms with Gasteiger partial charge in [0.05, 0.1) is 11.4 Å². The van der Waals surface area contributed by atoms with Crippen molar-refractivity contribution in [1.82, 2.24) is 0 Å². The molecule has 0 radical (unpaired) electrons. The second-order valence-electron chi connectivity index (χ2n) is 5.81. The van der Waals surface area contributed by atoms with Crippen LogP contribution in [0.4, 0.5) is 17.1 Å². The SMILES string of the molecule is C=Cc1ccc(N=Nc2ccc(N(CC)CC)cc2)c2ccccc12. The van der Waals surface area contributed by atoms with E-state index in [2.05, 4.69) is 59.8 Å². The third-order valence-corrected chi connectivity index (χ3v) is 4.41. The fourth-order valence-corrected chi connectivity index (χ4v) is 3.00. The lowest BCUT2D eigenvalue weighted by Crippen LogP contribution is -2.21. The number of nitrogens with zero attached hydrogens (tertiary/aromatic N) is 3. The maximum absolute atomic E-state index is 4.47. The van der Waals surface area contributed by atoms with Crippen molar-refractivity contribution in [3.8, 4) is 0 Å². The fraction of sp³-hybridized carbons (Fsp3) is 0.182. The molecular formula is C22H23N3. The number of hydrogen-bond acceptors (Lipinski definition) is 3. The molecule has 0 amide bonds. The van der Waals surface area contributed by atoms with Crippen molar-refractivity contribution in [3.63, 3.8) is 0 Å². The van der Waals surface area contributed by atoms with Gasteiger partial charge in [0, 0.05) is 24.2 Å². The molecular weight excluding hydrogens is 306 g/mol. The molecule has 3 rings (SSSR count). The van der Waals surface area contributed by atoms with Gasteiger partial charge in [-0.05, 0) is 55.1 Å². The van der Waals surface area contributed by atoms with Crippen LogP contribution in [0, 0.1) is 0 Å². The number of rotatable bonds is 6. The average Bonchev–Trinajstić information content (AvgIpc) is 2.68. The summed E-state index contributed by atoms with van der Waals surface area (Å²) < 4.78 is 0. The van der Waals surface area contributed by atoms with Crippen molar-refractivity contribution < 1.29 is 0 Å². The van der Waals surface area contributed by atoms with E-state index in [-0.39, 0.29) is 0 Å². The lowest BCUT2D eigenvalue weighted by molar-refractivity contribution is 0.866. The maximum Gasteiger partial charge on any atom is 0.0935 e. The number of benzene rings is 3. The Hall–Kier alpha value is -2.94. The summed E-state index contributed by atoms with van der Waals surface area (Å²) in [5.74, 6) is 0. The van der Waals surface area contributed by atoms with E-state index >= 15 is 0 Å². The Kier molecular flexibility index (Phi) is 5.24. The number of anilines is 1. The van der Waals surface area contributed by atoms with Gasteiger partial charge in [-0.1, -0.05) is 43.0 Å². The Morgan fingerprint density at radius 1 is 0.840 bits per heavy atom. The Morgan fingerprint density at radius 3 is 2.16 bits per heavy atom. The second kappa shape index (κ2) is 7.75. The first-order valence-electron chi connectivity index (χ1n) is 8.67. The predicted octanol–water partition coefficient (Wildman–Crippen LogP) is 6.74. The second-order valence-corrected chi connectivity index (χ2v) is 5.81. The first-order valence-corrected chi connectivity index (χ1v) is 8.67. The molecule has 0 aromatic heterocycles. The van der Waals surface area contributed by atoms with Crippen LogP contribution in [0.25, 0.3) is 16.8 Å². The van der Waals surface area contributed by atoms with E-state index in [0.717, 1.165) is 40.8 Å². The summed E-state index contributed by atoms with van der Waals surface area (Å²) in [5.41, 5.74) is 4.05. The average molecular weight is 329 g/mol. The molecule has 3 aromatic rings. The predicted molar refractivity (Wildman–Crippen MR) is 108 cm³/mol. The van der Waals surface area contributed by atoms with Crippen molar-refractivity contribution in [2.24, 2.45) is 10.2 Å². The molecule has 0 saturated carbocycles. The van der Waals surface area contributed by atoms with Crippen molar-refractivity contribution in [3.05, 3.63) is 72.8 Å². The molecule has 0 atom stereocenters. The van der Waals surface area contributed by atoms with Crippen molar-refractivity contribution in [2.45, 2.75) is 13.8 Å². The number of hydrogen-bond donors (Lipinski definition) is 0. The molecule has 0 saturated heterocycles. The Morgan fingerprint density at radius 2 is 1.52 bits per heavy atom. The zero-order valence-corrected chi connectivity index (χ0v) is 14.8. The van der Waals surface area contributed by atoms with Gasteiger partial charge in [-0.15, -0.1) is 5.11 Å². The zero-order chi connectivity index (χ0) is 17.6. The van der Waals surface area contributed by atoms with E-state index in [1.165, 1.54) is 5.69 Å². The standard InChI is InChI=1S/C22H23N3/c1-4-17-11-16-22(21-10-8-7-9-20(17)21)24-23-18-12-14-19(15-13-18)25(5-2)6-3/h4,7-16H,1,5-6H2,2-3H3. The van der Waals surface area contributed by atoms with Gasteiger partial charge in [-0.2, -0.15) is 5.11 Å². The summed E-state index contributed by atoms with van der Waals surface area (Å²) in [6.07, 6.45) is 1.87. The third-order valence-electron chi connectivity index (χ3n) is 4.41. The first-order chi connectivity index (χ1) is 12.3. The molecule has 0 fully saturated rings. The molecule has 0 aliphatic carbocycles. The van der Waals surface area contributed by atoms with Crippen LogP contribution in [-0.4, -0.2) is 13.1 Å². The van der Waals surface area contributed by atoms with E-state index < -0.39 is 0 Å². The molecule has 25 heavy (non-hydrogen) atoms. The normalized spacial score (nSPS) is 11.1. The van der Waals surface area contributed by atoms with Gasteiger partial charge >= 0.3 is 0 Å². The van der Waals surface area contributed by atoms with Crippen molar-refractivity contribution in [2.75, 3.05) is 18.0 Å². The van der Waals surface area contributed by atoms with Crippen LogP contribution in [-0.2, 0) is 0 Å². The quantitative estimate of drug-likeness (QED) is 0.460. The third kappa shape index (κ3) is 3.61. The Labute approximate surface area is 149 Å². The van der Waals surface area contributed by atoms with Crippen LogP contribution in [0.5, 0.6) is 0 Å². The molecule has 3 aromatic carbocycles. The minimum Gasteiger partial charge on any atom is -0.372 e. The molecule has 0 aliphatic heterocycles. The lowest BCUT2D eigenvalue weighted by Gasteiger charge is -2.20. The molecule has 0 aliphatic rings. The summed E-state index contributed by atoms with van der Waals surface area (Å²) in [5, 5.41) is 11.1. The molecule has 0 N–H and O–H groups in total. The molecule has 3 nitrogen and oxygen atoms in total. The molecule has 0 bridgehead atoms. The highest BCUT2D eigenvalue weighted by Crippen LogP contribution is 2.31. The monoisotopic (exact) mass is 329 g/mol. The van der Waals surface area contributed by atoms with Gasteiger partial charge in [0.15, 0.2) is 0 Å². The molecule has 126 valence electrons. The van der Waals surface area contributed by atoms with E-state index in [9.17, 15) is 0 Å². The highest BCUT2D eigenvalue weighted by atomic mass is 15.1.